The Morgan fingerprint density at radius 1 is 1.41 bits per heavy atom. The molecule has 1 saturated carbocycles. The van der Waals surface area contributed by atoms with Crippen molar-refractivity contribution in [2.24, 2.45) is 5.92 Å². The molecule has 0 aromatic carbocycles. The zero-order valence-electron chi connectivity index (χ0n) is 11.4. The average molecular weight is 243 g/mol. The molecule has 4 heteroatoms. The van der Waals surface area contributed by atoms with Crippen molar-refractivity contribution in [1.29, 1.82) is 0 Å². The van der Waals surface area contributed by atoms with Gasteiger partial charge in [-0.05, 0) is 45.6 Å². The second-order valence-corrected chi connectivity index (χ2v) is 5.48. The molecule has 17 heavy (non-hydrogen) atoms. The quantitative estimate of drug-likeness (QED) is 0.685. The number of aliphatic carboxylic acids is 1. The van der Waals surface area contributed by atoms with E-state index in [1.807, 2.05) is 27.7 Å². The SMILES string of the molecule is CCNC(COC(C)(C)CC)(C(=O)O)C1CC1. The molecule has 0 radical (unpaired) electrons. The van der Waals surface area contributed by atoms with Crippen molar-refractivity contribution in [3.63, 3.8) is 0 Å². The molecule has 1 fully saturated rings. The molecule has 0 heterocycles. The van der Waals surface area contributed by atoms with E-state index in [2.05, 4.69) is 5.32 Å². The van der Waals surface area contributed by atoms with Crippen molar-refractivity contribution < 1.29 is 14.6 Å². The molecule has 1 unspecified atom stereocenters. The summed E-state index contributed by atoms with van der Waals surface area (Å²) in [7, 11) is 0. The Hall–Kier alpha value is -0.610. The minimum absolute atomic E-state index is 0.215. The van der Waals surface area contributed by atoms with Crippen molar-refractivity contribution >= 4 is 5.97 Å². The normalized spacial score (nSPS) is 20.0. The van der Waals surface area contributed by atoms with Crippen molar-refractivity contribution in [2.45, 2.75) is 58.1 Å². The van der Waals surface area contributed by atoms with Gasteiger partial charge in [0.2, 0.25) is 0 Å². The molecular weight excluding hydrogens is 218 g/mol. The number of likely N-dealkylation sites (N-methyl/N-ethyl adjacent to an activating group) is 1. The van der Waals surface area contributed by atoms with Gasteiger partial charge in [0.25, 0.3) is 0 Å². The highest BCUT2D eigenvalue weighted by atomic mass is 16.5. The fraction of sp³-hybridized carbons (Fsp3) is 0.923. The van der Waals surface area contributed by atoms with Crippen LogP contribution in [0.3, 0.4) is 0 Å². The summed E-state index contributed by atoms with van der Waals surface area (Å²) in [6.45, 7) is 8.88. The first-order chi connectivity index (χ1) is 7.88. The first kappa shape index (κ1) is 14.5. The van der Waals surface area contributed by atoms with Crippen LogP contribution in [0.2, 0.25) is 0 Å². The molecule has 0 aromatic heterocycles. The lowest BCUT2D eigenvalue weighted by Gasteiger charge is -2.34. The molecule has 4 nitrogen and oxygen atoms in total. The van der Waals surface area contributed by atoms with E-state index in [9.17, 15) is 9.90 Å². The van der Waals surface area contributed by atoms with Crippen LogP contribution < -0.4 is 5.32 Å². The number of carboxylic acid groups (broad SMARTS) is 1. The van der Waals surface area contributed by atoms with Gasteiger partial charge in [-0.3, -0.25) is 10.1 Å². The van der Waals surface area contributed by atoms with Gasteiger partial charge < -0.3 is 9.84 Å². The lowest BCUT2D eigenvalue weighted by atomic mass is 9.93. The topological polar surface area (TPSA) is 58.6 Å². The maximum Gasteiger partial charge on any atom is 0.326 e. The number of carbonyl (C=O) groups is 1. The minimum atomic E-state index is -0.888. The van der Waals surface area contributed by atoms with Gasteiger partial charge in [0, 0.05) is 0 Å². The van der Waals surface area contributed by atoms with Crippen LogP contribution >= 0.6 is 0 Å². The molecule has 1 aliphatic rings. The van der Waals surface area contributed by atoms with Crippen LogP contribution in [0.5, 0.6) is 0 Å². The highest BCUT2D eigenvalue weighted by Crippen LogP contribution is 2.40. The second kappa shape index (κ2) is 5.36. The molecule has 0 saturated heterocycles. The van der Waals surface area contributed by atoms with E-state index in [0.29, 0.717) is 6.54 Å². The number of rotatable bonds is 8. The van der Waals surface area contributed by atoms with E-state index >= 15 is 0 Å². The van der Waals surface area contributed by atoms with E-state index in [4.69, 9.17) is 4.74 Å². The van der Waals surface area contributed by atoms with E-state index in [1.54, 1.807) is 0 Å². The third kappa shape index (κ3) is 3.42. The second-order valence-electron chi connectivity index (χ2n) is 5.48. The number of hydrogen-bond acceptors (Lipinski definition) is 3. The summed E-state index contributed by atoms with van der Waals surface area (Å²) in [5.74, 6) is -0.568. The standard InChI is InChI=1S/C13H25NO3/c1-5-12(3,4)17-9-13(11(15)16,14-6-2)10-7-8-10/h10,14H,5-9H2,1-4H3,(H,15,16). The molecule has 2 N–H and O–H groups in total. The zero-order chi connectivity index (χ0) is 13.1. The van der Waals surface area contributed by atoms with Gasteiger partial charge in [0.15, 0.2) is 0 Å². The van der Waals surface area contributed by atoms with E-state index in [0.717, 1.165) is 19.3 Å². The summed E-state index contributed by atoms with van der Waals surface area (Å²) in [6, 6.07) is 0. The molecule has 1 aliphatic carbocycles. The van der Waals surface area contributed by atoms with Crippen LogP contribution in [0.15, 0.2) is 0 Å². The Balaban J connectivity index is 2.72. The zero-order valence-corrected chi connectivity index (χ0v) is 11.4. The maximum atomic E-state index is 11.6. The third-order valence-corrected chi connectivity index (χ3v) is 3.69. The van der Waals surface area contributed by atoms with Gasteiger partial charge in [-0.1, -0.05) is 13.8 Å². The van der Waals surface area contributed by atoms with Crippen LogP contribution in [0, 0.1) is 5.92 Å². The summed E-state index contributed by atoms with van der Waals surface area (Å²) in [4.78, 5) is 11.6. The van der Waals surface area contributed by atoms with Crippen molar-refractivity contribution in [2.75, 3.05) is 13.2 Å². The first-order valence-electron chi connectivity index (χ1n) is 6.50. The Labute approximate surface area is 104 Å². The molecule has 0 amide bonds. The molecule has 0 spiro atoms. The van der Waals surface area contributed by atoms with Gasteiger partial charge in [-0.2, -0.15) is 0 Å². The number of carboxylic acids is 1. The van der Waals surface area contributed by atoms with Gasteiger partial charge in [-0.15, -0.1) is 0 Å². The number of hydrogen-bond donors (Lipinski definition) is 2. The number of nitrogens with one attached hydrogen (secondary N) is 1. The summed E-state index contributed by atoms with van der Waals surface area (Å²) >= 11 is 0. The molecule has 100 valence electrons. The average Bonchev–Trinajstić information content (AvgIpc) is 3.08. The van der Waals surface area contributed by atoms with Gasteiger partial charge >= 0.3 is 5.97 Å². The predicted octanol–water partition coefficient (Wildman–Crippen LogP) is 2.03. The predicted molar refractivity (Wildman–Crippen MR) is 67.1 cm³/mol. The summed E-state index contributed by atoms with van der Waals surface area (Å²) in [5.41, 5.74) is -1.15. The van der Waals surface area contributed by atoms with Gasteiger partial charge in [-0.25, -0.2) is 0 Å². The Morgan fingerprint density at radius 2 is 2.00 bits per heavy atom. The van der Waals surface area contributed by atoms with E-state index in [-0.39, 0.29) is 18.1 Å². The number of ether oxygens (including phenoxy) is 1. The van der Waals surface area contributed by atoms with Crippen LogP contribution in [0.4, 0.5) is 0 Å². The molecule has 1 rings (SSSR count). The van der Waals surface area contributed by atoms with Gasteiger partial charge in [0.05, 0.1) is 12.2 Å². The smallest absolute Gasteiger partial charge is 0.326 e. The lowest BCUT2D eigenvalue weighted by molar-refractivity contribution is -0.153. The van der Waals surface area contributed by atoms with Crippen LogP contribution in [0.1, 0.15) is 47.0 Å². The van der Waals surface area contributed by atoms with Crippen LogP contribution in [-0.4, -0.2) is 35.4 Å². The molecular formula is C13H25NO3. The Kier molecular flexibility index (Phi) is 4.55. The van der Waals surface area contributed by atoms with Crippen molar-refractivity contribution in [3.05, 3.63) is 0 Å². The molecule has 1 atom stereocenters. The highest BCUT2D eigenvalue weighted by molar-refractivity contribution is 5.80. The first-order valence-corrected chi connectivity index (χ1v) is 6.50. The summed E-state index contributed by atoms with van der Waals surface area (Å²) in [6.07, 6.45) is 2.84. The third-order valence-electron chi connectivity index (χ3n) is 3.69. The van der Waals surface area contributed by atoms with Crippen molar-refractivity contribution in [3.8, 4) is 0 Å². The van der Waals surface area contributed by atoms with E-state index < -0.39 is 11.5 Å². The van der Waals surface area contributed by atoms with Gasteiger partial charge in [0.1, 0.15) is 5.54 Å². The van der Waals surface area contributed by atoms with Crippen LogP contribution in [0.25, 0.3) is 0 Å². The summed E-state index contributed by atoms with van der Waals surface area (Å²) < 4.78 is 5.82. The van der Waals surface area contributed by atoms with Crippen LogP contribution in [-0.2, 0) is 9.53 Å². The molecule has 0 bridgehead atoms. The minimum Gasteiger partial charge on any atom is -0.480 e. The van der Waals surface area contributed by atoms with Crippen molar-refractivity contribution in [1.82, 2.24) is 5.32 Å². The fourth-order valence-corrected chi connectivity index (χ4v) is 1.93. The Bertz CT molecular complexity index is 274. The molecule has 0 aromatic rings. The summed E-state index contributed by atoms with van der Waals surface area (Å²) in [5, 5.41) is 12.6. The lowest BCUT2D eigenvalue weighted by Crippen LogP contribution is -2.58. The highest BCUT2D eigenvalue weighted by Gasteiger charge is 2.51. The molecule has 0 aliphatic heterocycles. The van der Waals surface area contributed by atoms with E-state index in [1.165, 1.54) is 0 Å². The monoisotopic (exact) mass is 243 g/mol. The fourth-order valence-electron chi connectivity index (χ4n) is 1.93. The Morgan fingerprint density at radius 3 is 2.35 bits per heavy atom. The maximum absolute atomic E-state index is 11.6. The largest absolute Gasteiger partial charge is 0.480 e.